The first-order chi connectivity index (χ1) is 12.4. The number of halogens is 1. The fourth-order valence-corrected chi connectivity index (χ4v) is 3.73. The molecule has 1 aromatic carbocycles. The van der Waals surface area contributed by atoms with Crippen molar-refractivity contribution in [2.24, 2.45) is 12.0 Å². The Morgan fingerprint density at radius 3 is 2.59 bits per heavy atom. The van der Waals surface area contributed by atoms with Crippen LogP contribution < -0.4 is 10.2 Å². The van der Waals surface area contributed by atoms with Crippen molar-refractivity contribution in [3.8, 4) is 0 Å². The number of aliphatic imine (C=N–C) groups is 1. The van der Waals surface area contributed by atoms with E-state index in [9.17, 15) is 0 Å². The third-order valence-electron chi connectivity index (χ3n) is 5.34. The minimum atomic E-state index is 0. The minimum absolute atomic E-state index is 0. The molecule has 1 fully saturated rings. The lowest BCUT2D eigenvalue weighted by Crippen LogP contribution is -2.41. The zero-order chi connectivity index (χ0) is 18.7. The van der Waals surface area contributed by atoms with E-state index in [0.29, 0.717) is 6.54 Å². The number of hydrogen-bond donors (Lipinski definition) is 1. The van der Waals surface area contributed by atoms with Gasteiger partial charge in [0.15, 0.2) is 5.96 Å². The van der Waals surface area contributed by atoms with Gasteiger partial charge in [0.25, 0.3) is 0 Å². The SMILES string of the molecule is CN=C(NCc1cnc(N(C)C)n1C)N1CCC(C)(c2ccccc2)C1.I. The minimum Gasteiger partial charge on any atom is -0.351 e. The first kappa shape index (κ1) is 21.5. The highest BCUT2D eigenvalue weighted by Crippen LogP contribution is 2.33. The van der Waals surface area contributed by atoms with Crippen molar-refractivity contribution in [2.75, 3.05) is 39.1 Å². The average molecular weight is 482 g/mol. The summed E-state index contributed by atoms with van der Waals surface area (Å²) < 4.78 is 2.11. The van der Waals surface area contributed by atoms with Gasteiger partial charge < -0.3 is 19.7 Å². The lowest BCUT2D eigenvalue weighted by molar-refractivity contribution is 0.438. The Kier molecular flexibility index (Phi) is 7.13. The maximum atomic E-state index is 4.51. The van der Waals surface area contributed by atoms with Crippen molar-refractivity contribution >= 4 is 35.9 Å². The molecular formula is C20H31IN6. The van der Waals surface area contributed by atoms with Crippen molar-refractivity contribution in [1.82, 2.24) is 19.8 Å². The van der Waals surface area contributed by atoms with Gasteiger partial charge in [-0.1, -0.05) is 37.3 Å². The Labute approximate surface area is 179 Å². The molecule has 0 spiro atoms. The third-order valence-corrected chi connectivity index (χ3v) is 5.34. The Bertz CT molecular complexity index is 770. The molecule has 1 saturated heterocycles. The van der Waals surface area contributed by atoms with Crippen LogP contribution >= 0.6 is 24.0 Å². The van der Waals surface area contributed by atoms with Gasteiger partial charge in [0.2, 0.25) is 5.95 Å². The predicted molar refractivity (Wildman–Crippen MR) is 123 cm³/mol. The first-order valence-corrected chi connectivity index (χ1v) is 9.13. The molecule has 0 amide bonds. The molecule has 6 nitrogen and oxygen atoms in total. The molecule has 1 aliphatic heterocycles. The molecule has 27 heavy (non-hydrogen) atoms. The summed E-state index contributed by atoms with van der Waals surface area (Å²) in [4.78, 5) is 13.4. The molecule has 1 aromatic heterocycles. The number of likely N-dealkylation sites (tertiary alicyclic amines) is 1. The average Bonchev–Trinajstić information content (AvgIpc) is 3.21. The molecule has 1 unspecified atom stereocenters. The molecule has 0 radical (unpaired) electrons. The van der Waals surface area contributed by atoms with Gasteiger partial charge in [-0.25, -0.2) is 4.98 Å². The van der Waals surface area contributed by atoms with Crippen LogP contribution in [0.2, 0.25) is 0 Å². The summed E-state index contributed by atoms with van der Waals surface area (Å²) in [6.45, 7) is 5.05. The van der Waals surface area contributed by atoms with Crippen LogP contribution in [0.1, 0.15) is 24.6 Å². The molecule has 2 heterocycles. The first-order valence-electron chi connectivity index (χ1n) is 9.13. The van der Waals surface area contributed by atoms with E-state index in [-0.39, 0.29) is 29.4 Å². The van der Waals surface area contributed by atoms with Crippen LogP contribution in [0.4, 0.5) is 5.95 Å². The standard InChI is InChI=1S/C20H30N6.HI/c1-20(16-9-7-6-8-10-16)11-12-26(15-20)18(21-2)22-13-17-14-23-19(24(3)4)25(17)5;/h6-10,14H,11-13,15H2,1-5H3,(H,21,22);1H. The number of anilines is 1. The molecule has 0 saturated carbocycles. The number of nitrogens with zero attached hydrogens (tertiary/aromatic N) is 5. The predicted octanol–water partition coefficient (Wildman–Crippen LogP) is 2.84. The van der Waals surface area contributed by atoms with Crippen molar-refractivity contribution in [1.29, 1.82) is 0 Å². The normalized spacial score (nSPS) is 19.7. The molecular weight excluding hydrogens is 451 g/mol. The van der Waals surface area contributed by atoms with E-state index in [2.05, 4.69) is 62.0 Å². The van der Waals surface area contributed by atoms with Crippen LogP contribution in [-0.2, 0) is 19.0 Å². The fourth-order valence-electron chi connectivity index (χ4n) is 3.73. The molecule has 1 atom stereocenters. The number of aromatic nitrogens is 2. The molecule has 148 valence electrons. The number of rotatable bonds is 4. The van der Waals surface area contributed by atoms with E-state index in [1.54, 1.807) is 0 Å². The topological polar surface area (TPSA) is 48.7 Å². The Morgan fingerprint density at radius 1 is 1.30 bits per heavy atom. The highest BCUT2D eigenvalue weighted by atomic mass is 127. The summed E-state index contributed by atoms with van der Waals surface area (Å²) in [5, 5.41) is 3.51. The molecule has 0 aliphatic carbocycles. The fraction of sp³-hybridized carbons (Fsp3) is 0.500. The van der Waals surface area contributed by atoms with Gasteiger partial charge in [-0.2, -0.15) is 0 Å². The summed E-state index contributed by atoms with van der Waals surface area (Å²) in [5.74, 6) is 1.91. The highest BCUT2D eigenvalue weighted by molar-refractivity contribution is 14.0. The van der Waals surface area contributed by atoms with Crippen molar-refractivity contribution in [3.05, 3.63) is 47.8 Å². The lowest BCUT2D eigenvalue weighted by Gasteiger charge is -2.27. The summed E-state index contributed by atoms with van der Waals surface area (Å²) in [7, 11) is 7.92. The van der Waals surface area contributed by atoms with E-state index in [1.807, 2.05) is 39.3 Å². The van der Waals surface area contributed by atoms with Crippen molar-refractivity contribution in [2.45, 2.75) is 25.3 Å². The second-order valence-electron chi connectivity index (χ2n) is 7.50. The quantitative estimate of drug-likeness (QED) is 0.414. The summed E-state index contributed by atoms with van der Waals surface area (Å²) in [5.41, 5.74) is 2.71. The Hall–Kier alpha value is -1.77. The highest BCUT2D eigenvalue weighted by Gasteiger charge is 2.36. The van der Waals surface area contributed by atoms with E-state index >= 15 is 0 Å². The van der Waals surface area contributed by atoms with Gasteiger partial charge in [-0.15, -0.1) is 24.0 Å². The number of guanidine groups is 1. The number of imidazole rings is 1. The zero-order valence-electron chi connectivity index (χ0n) is 16.9. The van der Waals surface area contributed by atoms with Crippen LogP contribution in [0.3, 0.4) is 0 Å². The van der Waals surface area contributed by atoms with Crippen LogP contribution in [0.15, 0.2) is 41.5 Å². The molecule has 0 bridgehead atoms. The van der Waals surface area contributed by atoms with Gasteiger partial charge in [0, 0.05) is 46.7 Å². The molecule has 2 aromatic rings. The Balaban J connectivity index is 0.00000261. The zero-order valence-corrected chi connectivity index (χ0v) is 19.3. The number of nitrogens with one attached hydrogen (secondary N) is 1. The van der Waals surface area contributed by atoms with Crippen LogP contribution in [0.25, 0.3) is 0 Å². The van der Waals surface area contributed by atoms with Crippen molar-refractivity contribution in [3.63, 3.8) is 0 Å². The monoisotopic (exact) mass is 482 g/mol. The maximum Gasteiger partial charge on any atom is 0.204 e. The van der Waals surface area contributed by atoms with Crippen LogP contribution in [0.5, 0.6) is 0 Å². The van der Waals surface area contributed by atoms with E-state index in [1.165, 1.54) is 5.56 Å². The molecule has 1 N–H and O–H groups in total. The Morgan fingerprint density at radius 2 is 2.00 bits per heavy atom. The van der Waals surface area contributed by atoms with Gasteiger partial charge in [0.1, 0.15) is 0 Å². The summed E-state index contributed by atoms with van der Waals surface area (Å²) in [6, 6.07) is 10.8. The van der Waals surface area contributed by atoms with E-state index < -0.39 is 0 Å². The van der Waals surface area contributed by atoms with E-state index in [4.69, 9.17) is 0 Å². The van der Waals surface area contributed by atoms with Gasteiger partial charge in [-0.3, -0.25) is 4.99 Å². The number of hydrogen-bond acceptors (Lipinski definition) is 3. The second kappa shape index (κ2) is 8.95. The van der Waals surface area contributed by atoms with Crippen LogP contribution in [0, 0.1) is 0 Å². The second-order valence-corrected chi connectivity index (χ2v) is 7.50. The van der Waals surface area contributed by atoms with Gasteiger partial charge in [-0.05, 0) is 12.0 Å². The van der Waals surface area contributed by atoms with Gasteiger partial charge in [0.05, 0.1) is 18.4 Å². The lowest BCUT2D eigenvalue weighted by atomic mass is 9.82. The smallest absolute Gasteiger partial charge is 0.204 e. The summed E-state index contributed by atoms with van der Waals surface area (Å²) in [6.07, 6.45) is 3.06. The van der Waals surface area contributed by atoms with Crippen molar-refractivity contribution < 1.29 is 0 Å². The summed E-state index contributed by atoms with van der Waals surface area (Å²) >= 11 is 0. The molecule has 3 rings (SSSR count). The largest absolute Gasteiger partial charge is 0.351 e. The van der Waals surface area contributed by atoms with E-state index in [0.717, 1.165) is 37.1 Å². The van der Waals surface area contributed by atoms with Crippen LogP contribution in [-0.4, -0.2) is 54.6 Å². The molecule has 1 aliphatic rings. The van der Waals surface area contributed by atoms with Gasteiger partial charge >= 0.3 is 0 Å². The maximum absolute atomic E-state index is 4.51. The third kappa shape index (κ3) is 4.56. The molecule has 7 heteroatoms. The number of benzene rings is 1.